The molecule has 1 aliphatic heterocycles. The number of nitrogens with one attached hydrogen (secondary N) is 2. The monoisotopic (exact) mass is 395 g/mol. The lowest BCUT2D eigenvalue weighted by atomic mass is 9.69. The zero-order chi connectivity index (χ0) is 20.1. The first-order valence-corrected chi connectivity index (χ1v) is 10.5. The minimum absolute atomic E-state index is 0.110. The molecule has 5 nitrogen and oxygen atoms in total. The molecule has 0 spiro atoms. The number of benzene rings is 1. The summed E-state index contributed by atoms with van der Waals surface area (Å²) in [6.07, 6.45) is 1.25. The number of aromatic amines is 1. The Bertz CT molecular complexity index is 1020. The molecule has 2 aliphatic rings. The van der Waals surface area contributed by atoms with Crippen molar-refractivity contribution >= 4 is 23.4 Å². The highest BCUT2D eigenvalue weighted by Gasteiger charge is 2.42. The molecule has 28 heavy (non-hydrogen) atoms. The molecule has 2 N–H and O–H groups in total. The van der Waals surface area contributed by atoms with E-state index in [2.05, 4.69) is 38.0 Å². The van der Waals surface area contributed by atoms with Crippen molar-refractivity contribution in [1.82, 2.24) is 9.97 Å². The van der Waals surface area contributed by atoms with Gasteiger partial charge in [-0.2, -0.15) is 0 Å². The predicted octanol–water partition coefficient (Wildman–Crippen LogP) is 4.47. The van der Waals surface area contributed by atoms with Crippen molar-refractivity contribution in [3.63, 3.8) is 0 Å². The van der Waals surface area contributed by atoms with E-state index in [1.165, 1.54) is 11.8 Å². The van der Waals surface area contributed by atoms with Gasteiger partial charge in [0, 0.05) is 28.9 Å². The fourth-order valence-electron chi connectivity index (χ4n) is 4.15. The summed E-state index contributed by atoms with van der Waals surface area (Å²) in [6, 6.07) is 9.79. The summed E-state index contributed by atoms with van der Waals surface area (Å²) in [5.41, 5.74) is 2.81. The average molecular weight is 396 g/mol. The Morgan fingerprint density at radius 3 is 2.54 bits per heavy atom. The fraction of sp³-hybridized carbons (Fsp3) is 0.409. The van der Waals surface area contributed by atoms with Gasteiger partial charge in [0.05, 0.1) is 5.56 Å². The molecule has 2 heterocycles. The number of fused-ring (bicyclic) bond motifs is 1. The molecule has 0 amide bonds. The summed E-state index contributed by atoms with van der Waals surface area (Å²) in [5.74, 6) is 0.300. The summed E-state index contributed by atoms with van der Waals surface area (Å²) in [5, 5.41) is 4.26. The van der Waals surface area contributed by atoms with E-state index >= 15 is 0 Å². The Morgan fingerprint density at radius 1 is 1.14 bits per heavy atom. The number of carbonyl (C=O) groups is 1. The Balaban J connectivity index is 1.93. The van der Waals surface area contributed by atoms with Crippen molar-refractivity contribution in [1.29, 1.82) is 0 Å². The quantitative estimate of drug-likeness (QED) is 0.592. The molecule has 1 aromatic heterocycles. The van der Waals surface area contributed by atoms with Gasteiger partial charge in [-0.15, -0.1) is 0 Å². The van der Waals surface area contributed by atoms with Crippen molar-refractivity contribution in [3.05, 3.63) is 63.1 Å². The van der Waals surface area contributed by atoms with Crippen LogP contribution in [-0.2, 0) is 4.79 Å². The summed E-state index contributed by atoms with van der Waals surface area (Å²) >= 11 is 1.52. The van der Waals surface area contributed by atoms with Gasteiger partial charge in [-0.1, -0.05) is 69.8 Å². The second kappa shape index (κ2) is 6.92. The van der Waals surface area contributed by atoms with Crippen LogP contribution in [0.4, 0.5) is 5.82 Å². The van der Waals surface area contributed by atoms with Gasteiger partial charge in [0.1, 0.15) is 5.82 Å². The highest BCUT2D eigenvalue weighted by Crippen LogP contribution is 2.47. The fourth-order valence-corrected chi connectivity index (χ4v) is 4.89. The third-order valence-corrected chi connectivity index (χ3v) is 6.07. The number of nitrogens with zero attached hydrogens (tertiary/aromatic N) is 1. The van der Waals surface area contributed by atoms with Crippen LogP contribution in [0.3, 0.4) is 0 Å². The van der Waals surface area contributed by atoms with Gasteiger partial charge in [0.15, 0.2) is 10.9 Å². The molecule has 1 atom stereocenters. The molecule has 6 heteroatoms. The molecule has 1 aliphatic carbocycles. The maximum absolute atomic E-state index is 13.1. The molecule has 0 bridgehead atoms. The molecule has 0 unspecified atom stereocenters. The molecule has 0 saturated carbocycles. The Labute approximate surface area is 169 Å². The molecule has 0 fully saturated rings. The van der Waals surface area contributed by atoms with E-state index in [0.29, 0.717) is 28.2 Å². The molecule has 4 rings (SSSR count). The number of aromatic nitrogens is 2. The minimum atomic E-state index is -0.384. The zero-order valence-corrected chi connectivity index (χ0v) is 17.4. The van der Waals surface area contributed by atoms with Crippen molar-refractivity contribution in [3.8, 4) is 0 Å². The standard InChI is InChI=1S/C22H25N3O2S/c1-12(2)28-21-24-19-18(20(27)25-21)16(13-8-6-5-7-9-13)17-14(23-19)10-22(3,4)11-15(17)26/h5-9,12,16H,10-11H2,1-4H3,(H2,23,24,25,27)/t16-/m0/s1. The van der Waals surface area contributed by atoms with E-state index in [9.17, 15) is 9.59 Å². The van der Waals surface area contributed by atoms with Crippen LogP contribution in [0.25, 0.3) is 0 Å². The van der Waals surface area contributed by atoms with Crippen molar-refractivity contribution < 1.29 is 4.79 Å². The molecule has 1 aromatic carbocycles. The normalized spacial score (nSPS) is 20.6. The number of rotatable bonds is 3. The number of Topliss-reactive ketones (excluding diaryl/α,β-unsaturated/α-hetero) is 1. The van der Waals surface area contributed by atoms with E-state index in [0.717, 1.165) is 23.3 Å². The number of anilines is 1. The zero-order valence-electron chi connectivity index (χ0n) is 16.6. The van der Waals surface area contributed by atoms with E-state index in [1.807, 2.05) is 30.3 Å². The lowest BCUT2D eigenvalue weighted by Gasteiger charge is -2.38. The Morgan fingerprint density at radius 2 is 1.86 bits per heavy atom. The number of hydrogen-bond donors (Lipinski definition) is 2. The summed E-state index contributed by atoms with van der Waals surface area (Å²) in [6.45, 7) is 8.34. The van der Waals surface area contributed by atoms with Gasteiger partial charge in [-0.05, 0) is 17.4 Å². The SMILES string of the molecule is CC(C)Sc1nc2c(c(=O)[nH]1)[C@@H](c1ccccc1)C1=C(CC(C)(C)CC1=O)N2. The molecular formula is C22H25N3O2S. The first-order chi connectivity index (χ1) is 13.2. The van der Waals surface area contributed by atoms with Crippen LogP contribution in [0.15, 0.2) is 51.6 Å². The highest BCUT2D eigenvalue weighted by molar-refractivity contribution is 7.99. The third-order valence-electron chi connectivity index (χ3n) is 5.18. The number of allylic oxidation sites excluding steroid dienone is 2. The molecule has 0 radical (unpaired) electrons. The van der Waals surface area contributed by atoms with E-state index in [4.69, 9.17) is 4.98 Å². The van der Waals surface area contributed by atoms with Crippen LogP contribution in [0.5, 0.6) is 0 Å². The lowest BCUT2D eigenvalue weighted by molar-refractivity contribution is -0.118. The Hall–Kier alpha value is -2.34. The van der Waals surface area contributed by atoms with E-state index < -0.39 is 0 Å². The maximum Gasteiger partial charge on any atom is 0.257 e. The van der Waals surface area contributed by atoms with E-state index in [1.54, 1.807) is 0 Å². The largest absolute Gasteiger partial charge is 0.343 e. The lowest BCUT2D eigenvalue weighted by Crippen LogP contribution is -2.37. The number of thioether (sulfide) groups is 1. The first kappa shape index (κ1) is 19.0. The number of carbonyl (C=O) groups excluding carboxylic acids is 1. The molecule has 146 valence electrons. The van der Waals surface area contributed by atoms with Gasteiger partial charge in [-0.3, -0.25) is 9.59 Å². The van der Waals surface area contributed by atoms with Crippen molar-refractivity contribution in [2.24, 2.45) is 5.41 Å². The second-order valence-electron chi connectivity index (χ2n) is 8.60. The molecule has 2 aromatic rings. The smallest absolute Gasteiger partial charge is 0.257 e. The van der Waals surface area contributed by atoms with Crippen LogP contribution in [-0.4, -0.2) is 21.0 Å². The topological polar surface area (TPSA) is 74.8 Å². The number of ketones is 1. The van der Waals surface area contributed by atoms with E-state index in [-0.39, 0.29) is 22.7 Å². The van der Waals surface area contributed by atoms with Crippen molar-refractivity contribution in [2.45, 2.75) is 56.9 Å². The first-order valence-electron chi connectivity index (χ1n) is 9.64. The highest BCUT2D eigenvalue weighted by atomic mass is 32.2. The third kappa shape index (κ3) is 3.41. The average Bonchev–Trinajstić information content (AvgIpc) is 2.59. The second-order valence-corrected chi connectivity index (χ2v) is 10.2. The van der Waals surface area contributed by atoms with Gasteiger partial charge < -0.3 is 10.3 Å². The summed E-state index contributed by atoms with van der Waals surface area (Å²) in [4.78, 5) is 33.8. The predicted molar refractivity (Wildman–Crippen MR) is 113 cm³/mol. The summed E-state index contributed by atoms with van der Waals surface area (Å²) in [7, 11) is 0. The van der Waals surface area contributed by atoms with Gasteiger partial charge >= 0.3 is 0 Å². The van der Waals surface area contributed by atoms with Gasteiger partial charge in [-0.25, -0.2) is 4.98 Å². The number of hydrogen-bond acceptors (Lipinski definition) is 5. The number of H-pyrrole nitrogens is 1. The van der Waals surface area contributed by atoms with Crippen LogP contribution in [0.2, 0.25) is 0 Å². The van der Waals surface area contributed by atoms with Crippen LogP contribution in [0, 0.1) is 5.41 Å². The van der Waals surface area contributed by atoms with Gasteiger partial charge in [0.25, 0.3) is 5.56 Å². The minimum Gasteiger partial charge on any atom is -0.343 e. The maximum atomic E-state index is 13.1. The van der Waals surface area contributed by atoms with Crippen LogP contribution in [0.1, 0.15) is 57.6 Å². The molecule has 0 saturated heterocycles. The van der Waals surface area contributed by atoms with Crippen LogP contribution >= 0.6 is 11.8 Å². The summed E-state index contributed by atoms with van der Waals surface area (Å²) < 4.78 is 0. The molecular weight excluding hydrogens is 370 g/mol. The van der Waals surface area contributed by atoms with Gasteiger partial charge in [0.2, 0.25) is 0 Å². The van der Waals surface area contributed by atoms with Crippen LogP contribution < -0.4 is 10.9 Å². The van der Waals surface area contributed by atoms with Crippen molar-refractivity contribution in [2.75, 3.05) is 5.32 Å². The Kier molecular flexibility index (Phi) is 4.70.